The second-order valence-electron chi connectivity index (χ2n) is 6.14. The van der Waals surface area contributed by atoms with E-state index in [4.69, 9.17) is 0 Å². The summed E-state index contributed by atoms with van der Waals surface area (Å²) in [4.78, 5) is 42.0. The van der Waals surface area contributed by atoms with Gasteiger partial charge in [0.05, 0.1) is 6.42 Å². The van der Waals surface area contributed by atoms with Gasteiger partial charge in [-0.3, -0.25) is 14.5 Å². The number of pyridine rings is 1. The van der Waals surface area contributed by atoms with E-state index in [0.717, 1.165) is 16.2 Å². The summed E-state index contributed by atoms with van der Waals surface area (Å²) in [5.74, 6) is -0.322. The number of anilines is 1. The Morgan fingerprint density at radius 1 is 1.15 bits per heavy atom. The van der Waals surface area contributed by atoms with Gasteiger partial charge in [0.15, 0.2) is 0 Å². The van der Waals surface area contributed by atoms with Crippen molar-refractivity contribution in [3.63, 3.8) is 0 Å². The van der Waals surface area contributed by atoms with Crippen LogP contribution in [-0.2, 0) is 16.0 Å². The van der Waals surface area contributed by atoms with Crippen molar-refractivity contribution in [1.29, 1.82) is 0 Å². The highest BCUT2D eigenvalue weighted by Crippen LogP contribution is 2.13. The molecular formula is C19H20N4O3. The van der Waals surface area contributed by atoms with Crippen LogP contribution in [0.15, 0.2) is 48.5 Å². The van der Waals surface area contributed by atoms with Crippen LogP contribution in [-0.4, -0.2) is 40.3 Å². The number of hydrogen-bond donors (Lipinski definition) is 2. The predicted molar refractivity (Wildman–Crippen MR) is 96.4 cm³/mol. The van der Waals surface area contributed by atoms with Crippen LogP contribution in [0.25, 0.3) is 0 Å². The maximum absolute atomic E-state index is 12.4. The molecule has 4 amide bonds. The minimum absolute atomic E-state index is 0.123. The third-order valence-corrected chi connectivity index (χ3v) is 4.12. The number of nitrogens with zero attached hydrogens (tertiary/aromatic N) is 2. The lowest BCUT2D eigenvalue weighted by Gasteiger charge is -2.13. The van der Waals surface area contributed by atoms with Gasteiger partial charge in [0.25, 0.3) is 5.91 Å². The standard InChI is InChI=1S/C19H20N4O3/c1-13-6-5-9-16(20-13)22-17(24)12-15-18(25)23(19(26)21-15)11-10-14-7-3-2-4-8-14/h2-9,15H,10-12H2,1H3,(H,21,26)(H,20,22,24). The fraction of sp³-hybridized carbons (Fsp3) is 0.263. The summed E-state index contributed by atoms with van der Waals surface area (Å²) < 4.78 is 0. The van der Waals surface area contributed by atoms with Crippen LogP contribution in [0, 0.1) is 6.92 Å². The van der Waals surface area contributed by atoms with Gasteiger partial charge in [-0.25, -0.2) is 9.78 Å². The average molecular weight is 352 g/mol. The van der Waals surface area contributed by atoms with E-state index in [1.165, 1.54) is 0 Å². The highest BCUT2D eigenvalue weighted by Gasteiger charge is 2.38. The van der Waals surface area contributed by atoms with Gasteiger partial charge in [0.2, 0.25) is 5.91 Å². The molecule has 0 bridgehead atoms. The molecule has 1 saturated heterocycles. The number of carbonyl (C=O) groups excluding carboxylic acids is 3. The van der Waals surface area contributed by atoms with E-state index in [-0.39, 0.29) is 24.8 Å². The highest BCUT2D eigenvalue weighted by molar-refractivity contribution is 6.06. The molecule has 7 nitrogen and oxygen atoms in total. The second kappa shape index (κ2) is 7.77. The number of carbonyl (C=O) groups is 3. The van der Waals surface area contributed by atoms with Gasteiger partial charge in [-0.15, -0.1) is 0 Å². The van der Waals surface area contributed by atoms with Crippen molar-refractivity contribution in [2.75, 3.05) is 11.9 Å². The molecule has 1 aliphatic heterocycles. The number of amides is 4. The van der Waals surface area contributed by atoms with E-state index in [2.05, 4.69) is 15.6 Å². The van der Waals surface area contributed by atoms with E-state index in [1.54, 1.807) is 12.1 Å². The summed E-state index contributed by atoms with van der Waals surface area (Å²) in [5, 5.41) is 5.22. The second-order valence-corrected chi connectivity index (χ2v) is 6.14. The summed E-state index contributed by atoms with van der Waals surface area (Å²) in [6, 6.07) is 13.6. The molecule has 1 atom stereocenters. The molecular weight excluding hydrogens is 332 g/mol. The molecule has 0 radical (unpaired) electrons. The normalized spacial score (nSPS) is 16.5. The Hall–Kier alpha value is -3.22. The Bertz CT molecular complexity index is 823. The maximum Gasteiger partial charge on any atom is 0.324 e. The molecule has 2 aromatic rings. The number of rotatable bonds is 6. The fourth-order valence-corrected chi connectivity index (χ4v) is 2.80. The molecule has 7 heteroatoms. The van der Waals surface area contributed by atoms with Crippen LogP contribution in [0.1, 0.15) is 17.7 Å². The van der Waals surface area contributed by atoms with Crippen LogP contribution in [0.4, 0.5) is 10.6 Å². The van der Waals surface area contributed by atoms with Gasteiger partial charge in [-0.05, 0) is 31.0 Å². The first-order valence-corrected chi connectivity index (χ1v) is 8.42. The average Bonchev–Trinajstić information content (AvgIpc) is 2.87. The molecule has 26 heavy (non-hydrogen) atoms. The van der Waals surface area contributed by atoms with Crippen LogP contribution in [0.3, 0.4) is 0 Å². The maximum atomic E-state index is 12.4. The molecule has 134 valence electrons. The Labute approximate surface area is 151 Å². The monoisotopic (exact) mass is 352 g/mol. The molecule has 2 N–H and O–H groups in total. The van der Waals surface area contributed by atoms with E-state index in [0.29, 0.717) is 12.2 Å². The Balaban J connectivity index is 1.55. The summed E-state index contributed by atoms with van der Waals surface area (Å²) in [6.45, 7) is 2.10. The number of hydrogen-bond acceptors (Lipinski definition) is 4. The molecule has 0 aliphatic carbocycles. The lowest BCUT2D eigenvalue weighted by atomic mass is 10.1. The Morgan fingerprint density at radius 3 is 2.65 bits per heavy atom. The first-order chi connectivity index (χ1) is 12.5. The minimum Gasteiger partial charge on any atom is -0.325 e. The van der Waals surface area contributed by atoms with E-state index in [9.17, 15) is 14.4 Å². The number of imide groups is 1. The summed E-state index contributed by atoms with van der Waals surface area (Å²) in [6.07, 6.45) is 0.453. The van der Waals surface area contributed by atoms with Gasteiger partial charge < -0.3 is 10.6 Å². The molecule has 0 spiro atoms. The van der Waals surface area contributed by atoms with Crippen LogP contribution in [0.2, 0.25) is 0 Å². The summed E-state index contributed by atoms with van der Waals surface area (Å²) in [5.41, 5.74) is 1.82. The molecule has 0 saturated carbocycles. The molecule has 1 aliphatic rings. The van der Waals surface area contributed by atoms with Crippen LogP contribution < -0.4 is 10.6 Å². The van der Waals surface area contributed by atoms with Gasteiger partial charge in [0, 0.05) is 12.2 Å². The number of benzene rings is 1. The fourth-order valence-electron chi connectivity index (χ4n) is 2.80. The van der Waals surface area contributed by atoms with Crippen molar-refractivity contribution in [2.24, 2.45) is 0 Å². The third-order valence-electron chi connectivity index (χ3n) is 4.12. The lowest BCUT2D eigenvalue weighted by molar-refractivity contribution is -0.129. The molecule has 2 heterocycles. The largest absolute Gasteiger partial charge is 0.325 e. The van der Waals surface area contributed by atoms with E-state index in [1.807, 2.05) is 43.3 Å². The van der Waals surface area contributed by atoms with Crippen molar-refractivity contribution in [2.45, 2.75) is 25.8 Å². The van der Waals surface area contributed by atoms with Gasteiger partial charge in [0.1, 0.15) is 11.9 Å². The summed E-state index contributed by atoms with van der Waals surface area (Å²) >= 11 is 0. The van der Waals surface area contributed by atoms with E-state index < -0.39 is 12.1 Å². The van der Waals surface area contributed by atoms with Crippen LogP contribution >= 0.6 is 0 Å². The zero-order valence-electron chi connectivity index (χ0n) is 14.4. The molecule has 1 aromatic heterocycles. The van der Waals surface area contributed by atoms with Gasteiger partial charge in [-0.2, -0.15) is 0 Å². The van der Waals surface area contributed by atoms with Crippen molar-refractivity contribution >= 4 is 23.7 Å². The lowest BCUT2D eigenvalue weighted by Crippen LogP contribution is -2.35. The Kier molecular flexibility index (Phi) is 5.26. The zero-order chi connectivity index (χ0) is 18.5. The van der Waals surface area contributed by atoms with Crippen molar-refractivity contribution in [3.05, 3.63) is 59.8 Å². The number of aryl methyl sites for hydroxylation is 1. The first kappa shape index (κ1) is 17.6. The topological polar surface area (TPSA) is 91.4 Å². The smallest absolute Gasteiger partial charge is 0.324 e. The number of urea groups is 1. The number of nitrogens with one attached hydrogen (secondary N) is 2. The van der Waals surface area contributed by atoms with Gasteiger partial charge >= 0.3 is 6.03 Å². The quantitative estimate of drug-likeness (QED) is 0.777. The van der Waals surface area contributed by atoms with Crippen molar-refractivity contribution in [1.82, 2.24) is 15.2 Å². The number of aromatic nitrogens is 1. The van der Waals surface area contributed by atoms with E-state index >= 15 is 0 Å². The molecule has 1 unspecified atom stereocenters. The molecule has 3 rings (SSSR count). The van der Waals surface area contributed by atoms with Crippen LogP contribution in [0.5, 0.6) is 0 Å². The molecule has 1 fully saturated rings. The van der Waals surface area contributed by atoms with Crippen molar-refractivity contribution in [3.8, 4) is 0 Å². The predicted octanol–water partition coefficient (Wildman–Crippen LogP) is 1.88. The highest BCUT2D eigenvalue weighted by atomic mass is 16.2. The zero-order valence-corrected chi connectivity index (χ0v) is 14.4. The minimum atomic E-state index is -0.844. The first-order valence-electron chi connectivity index (χ1n) is 8.42. The van der Waals surface area contributed by atoms with Crippen molar-refractivity contribution < 1.29 is 14.4 Å². The third kappa shape index (κ3) is 4.24. The van der Waals surface area contributed by atoms with Gasteiger partial charge in [-0.1, -0.05) is 36.4 Å². The SMILES string of the molecule is Cc1cccc(NC(=O)CC2NC(=O)N(CCc3ccccc3)C2=O)n1. The summed E-state index contributed by atoms with van der Waals surface area (Å²) in [7, 11) is 0. The Morgan fingerprint density at radius 2 is 1.92 bits per heavy atom. The molecule has 1 aromatic carbocycles.